The van der Waals surface area contributed by atoms with E-state index >= 15 is 0 Å². The molecule has 0 saturated heterocycles. The summed E-state index contributed by atoms with van der Waals surface area (Å²) in [6, 6.07) is 10.4. The Bertz CT molecular complexity index is 1170. The number of fused-ring (bicyclic) bond motifs is 3. The highest BCUT2D eigenvalue weighted by Gasteiger charge is 2.29. The number of rotatable bonds is 3. The van der Waals surface area contributed by atoms with Crippen molar-refractivity contribution in [1.29, 1.82) is 0 Å². The Kier molecular flexibility index (Phi) is 5.01. The van der Waals surface area contributed by atoms with Crippen molar-refractivity contribution in [2.45, 2.75) is 47.6 Å². The molecule has 3 heteroatoms. The van der Waals surface area contributed by atoms with E-state index in [0.717, 1.165) is 28.8 Å². The van der Waals surface area contributed by atoms with Gasteiger partial charge >= 0.3 is 0 Å². The normalized spacial score (nSPS) is 12.6. The van der Waals surface area contributed by atoms with Crippen LogP contribution in [0.4, 0.5) is 10.1 Å². The van der Waals surface area contributed by atoms with Crippen molar-refractivity contribution in [3.63, 3.8) is 0 Å². The number of halogens is 1. The SMILES string of the molecule is C=C(C)Cc1c(C)c2c(c(C)c1-c1ccc(C)cc1)-c1nc(C)c(F)cc1CN2C. The van der Waals surface area contributed by atoms with Crippen LogP contribution in [0.5, 0.6) is 0 Å². The Morgan fingerprint density at radius 2 is 1.73 bits per heavy atom. The highest BCUT2D eigenvalue weighted by atomic mass is 19.1. The van der Waals surface area contributed by atoms with Gasteiger partial charge in [0.2, 0.25) is 0 Å². The molecule has 154 valence electrons. The molecule has 0 radical (unpaired) electrons. The highest BCUT2D eigenvalue weighted by molar-refractivity contribution is 5.93. The number of hydrogen-bond donors (Lipinski definition) is 0. The first-order valence-electron chi connectivity index (χ1n) is 10.4. The summed E-state index contributed by atoms with van der Waals surface area (Å²) in [6.45, 7) is 15.2. The maximum Gasteiger partial charge on any atom is 0.144 e. The maximum absolute atomic E-state index is 14.3. The number of benzene rings is 2. The van der Waals surface area contributed by atoms with Gasteiger partial charge in [-0.05, 0) is 74.9 Å². The topological polar surface area (TPSA) is 16.1 Å². The molecule has 2 aromatic carbocycles. The van der Waals surface area contributed by atoms with Crippen LogP contribution in [0.3, 0.4) is 0 Å². The zero-order chi connectivity index (χ0) is 21.7. The van der Waals surface area contributed by atoms with Crippen LogP contribution in [0.25, 0.3) is 22.4 Å². The van der Waals surface area contributed by atoms with Gasteiger partial charge in [-0.2, -0.15) is 0 Å². The smallest absolute Gasteiger partial charge is 0.144 e. The van der Waals surface area contributed by atoms with E-state index in [9.17, 15) is 4.39 Å². The van der Waals surface area contributed by atoms with Crippen molar-refractivity contribution in [3.05, 3.63) is 81.8 Å². The molecule has 30 heavy (non-hydrogen) atoms. The molecule has 0 aliphatic carbocycles. The summed E-state index contributed by atoms with van der Waals surface area (Å²) in [5.41, 5.74) is 13.2. The molecule has 1 aliphatic heterocycles. The van der Waals surface area contributed by atoms with E-state index in [1.165, 1.54) is 39.1 Å². The molecule has 0 N–H and O–H groups in total. The lowest BCUT2D eigenvalue weighted by atomic mass is 9.81. The minimum atomic E-state index is -0.238. The second-order valence-corrected chi connectivity index (χ2v) is 8.75. The molecule has 1 aromatic heterocycles. The third kappa shape index (κ3) is 3.23. The zero-order valence-corrected chi connectivity index (χ0v) is 18.8. The fourth-order valence-corrected chi connectivity index (χ4v) is 4.74. The summed E-state index contributed by atoms with van der Waals surface area (Å²) < 4.78 is 14.3. The van der Waals surface area contributed by atoms with Crippen LogP contribution in [-0.2, 0) is 13.0 Å². The van der Waals surface area contributed by atoms with Gasteiger partial charge in [0.25, 0.3) is 0 Å². The van der Waals surface area contributed by atoms with Gasteiger partial charge in [0.1, 0.15) is 5.82 Å². The molecule has 0 fully saturated rings. The summed E-state index contributed by atoms with van der Waals surface area (Å²) in [4.78, 5) is 6.94. The third-order valence-electron chi connectivity index (χ3n) is 6.17. The number of hydrogen-bond acceptors (Lipinski definition) is 2. The number of pyridine rings is 1. The summed E-state index contributed by atoms with van der Waals surface area (Å²) >= 11 is 0. The second-order valence-electron chi connectivity index (χ2n) is 8.75. The van der Waals surface area contributed by atoms with E-state index in [-0.39, 0.29) is 5.82 Å². The lowest BCUT2D eigenvalue weighted by molar-refractivity contribution is 0.606. The van der Waals surface area contributed by atoms with Crippen LogP contribution in [0.2, 0.25) is 0 Å². The second kappa shape index (κ2) is 7.39. The van der Waals surface area contributed by atoms with Crippen LogP contribution in [0.15, 0.2) is 42.5 Å². The predicted molar refractivity (Wildman–Crippen MR) is 125 cm³/mol. The number of aromatic nitrogens is 1. The van der Waals surface area contributed by atoms with Gasteiger partial charge < -0.3 is 4.90 Å². The summed E-state index contributed by atoms with van der Waals surface area (Å²) in [5, 5.41) is 0. The van der Waals surface area contributed by atoms with Crippen LogP contribution in [0, 0.1) is 33.5 Å². The van der Waals surface area contributed by atoms with E-state index in [1.807, 2.05) is 0 Å². The molecule has 0 saturated carbocycles. The molecule has 0 amide bonds. The molecule has 3 aromatic rings. The molecule has 0 spiro atoms. The highest BCUT2D eigenvalue weighted by Crippen LogP contribution is 2.48. The number of nitrogens with zero attached hydrogens (tertiary/aromatic N) is 2. The van der Waals surface area contributed by atoms with E-state index in [1.54, 1.807) is 13.0 Å². The van der Waals surface area contributed by atoms with Gasteiger partial charge in [-0.15, -0.1) is 0 Å². The third-order valence-corrected chi connectivity index (χ3v) is 6.17. The number of aryl methyl sites for hydroxylation is 2. The van der Waals surface area contributed by atoms with Crippen molar-refractivity contribution in [1.82, 2.24) is 4.98 Å². The van der Waals surface area contributed by atoms with Crippen molar-refractivity contribution in [2.75, 3.05) is 11.9 Å². The van der Waals surface area contributed by atoms with Gasteiger partial charge in [-0.3, -0.25) is 0 Å². The molecule has 0 atom stereocenters. The van der Waals surface area contributed by atoms with Crippen LogP contribution in [0.1, 0.15) is 40.4 Å². The first-order valence-corrected chi connectivity index (χ1v) is 10.4. The fraction of sp³-hybridized carbons (Fsp3) is 0.296. The van der Waals surface area contributed by atoms with Crippen LogP contribution >= 0.6 is 0 Å². The molecule has 2 nitrogen and oxygen atoms in total. The van der Waals surface area contributed by atoms with E-state index in [4.69, 9.17) is 4.98 Å². The van der Waals surface area contributed by atoms with E-state index in [2.05, 4.69) is 70.5 Å². The van der Waals surface area contributed by atoms with Gasteiger partial charge in [0, 0.05) is 30.4 Å². The monoisotopic (exact) mass is 400 g/mol. The quantitative estimate of drug-likeness (QED) is 0.447. The zero-order valence-electron chi connectivity index (χ0n) is 18.8. The van der Waals surface area contributed by atoms with Gasteiger partial charge in [-0.25, -0.2) is 9.37 Å². The van der Waals surface area contributed by atoms with Crippen molar-refractivity contribution in [3.8, 4) is 22.4 Å². The Balaban J connectivity index is 2.11. The Morgan fingerprint density at radius 1 is 1.07 bits per heavy atom. The van der Waals surface area contributed by atoms with Crippen molar-refractivity contribution >= 4 is 5.69 Å². The minimum absolute atomic E-state index is 0.238. The average Bonchev–Trinajstić information content (AvgIpc) is 2.67. The Morgan fingerprint density at radius 3 is 2.37 bits per heavy atom. The van der Waals surface area contributed by atoms with Crippen molar-refractivity contribution < 1.29 is 4.39 Å². The van der Waals surface area contributed by atoms with Gasteiger partial charge in [0.05, 0.1) is 11.4 Å². The summed E-state index contributed by atoms with van der Waals surface area (Å²) in [7, 11) is 2.09. The average molecular weight is 401 g/mol. The summed E-state index contributed by atoms with van der Waals surface area (Å²) in [5.74, 6) is -0.238. The lowest BCUT2D eigenvalue weighted by Crippen LogP contribution is -2.25. The molecule has 2 heterocycles. The minimum Gasteiger partial charge on any atom is -0.369 e. The van der Waals surface area contributed by atoms with E-state index in [0.29, 0.717) is 12.2 Å². The number of anilines is 1. The molecule has 0 unspecified atom stereocenters. The molecular formula is C27H29FN2. The van der Waals surface area contributed by atoms with Gasteiger partial charge in [-0.1, -0.05) is 42.0 Å². The molecule has 0 bridgehead atoms. The van der Waals surface area contributed by atoms with Crippen LogP contribution < -0.4 is 4.90 Å². The van der Waals surface area contributed by atoms with Crippen LogP contribution in [-0.4, -0.2) is 12.0 Å². The fourth-order valence-electron chi connectivity index (χ4n) is 4.74. The Hall–Kier alpha value is -2.94. The summed E-state index contributed by atoms with van der Waals surface area (Å²) in [6.07, 6.45) is 0.833. The standard InChI is InChI=1S/C27H29FN2/c1-15(2)12-22-17(4)27-25(18(5)24(22)20-10-8-16(3)9-11-20)26-21(14-30(27)7)13-23(28)19(6)29-26/h8-11,13H,1,12,14H2,2-7H3. The maximum atomic E-state index is 14.3. The molecule has 4 rings (SSSR count). The predicted octanol–water partition coefficient (Wildman–Crippen LogP) is 6.86. The first kappa shape index (κ1) is 20.3. The van der Waals surface area contributed by atoms with E-state index < -0.39 is 0 Å². The lowest BCUT2D eigenvalue weighted by Gasteiger charge is -2.34. The van der Waals surface area contributed by atoms with Gasteiger partial charge in [0.15, 0.2) is 0 Å². The largest absolute Gasteiger partial charge is 0.369 e. The Labute approximate surface area is 179 Å². The first-order chi connectivity index (χ1) is 14.2. The molecular weight excluding hydrogens is 371 g/mol. The van der Waals surface area contributed by atoms with Crippen molar-refractivity contribution in [2.24, 2.45) is 0 Å². The number of allylic oxidation sites excluding steroid dienone is 1. The molecule has 1 aliphatic rings.